The van der Waals surface area contributed by atoms with Crippen molar-refractivity contribution in [3.63, 3.8) is 0 Å². The molecule has 2 aromatic rings. The molecule has 21 heavy (non-hydrogen) atoms. The molecule has 0 aliphatic rings. The van der Waals surface area contributed by atoms with Crippen LogP contribution < -0.4 is 10.3 Å². The van der Waals surface area contributed by atoms with Crippen LogP contribution in [0.15, 0.2) is 40.4 Å². The largest absolute Gasteiger partial charge is 0.497 e. The number of aromatic nitrogens is 2. The minimum Gasteiger partial charge on any atom is -0.497 e. The third kappa shape index (κ3) is 4.82. The van der Waals surface area contributed by atoms with Gasteiger partial charge < -0.3 is 9.72 Å². The van der Waals surface area contributed by atoms with Gasteiger partial charge in [-0.3, -0.25) is 4.79 Å². The summed E-state index contributed by atoms with van der Waals surface area (Å²) in [4.78, 5) is 18.8. The molecule has 0 fully saturated rings. The zero-order chi connectivity index (χ0) is 15.1. The number of ether oxygens (including phenoxy) is 1. The van der Waals surface area contributed by atoms with Crippen molar-refractivity contribution in [1.82, 2.24) is 9.97 Å². The lowest BCUT2D eigenvalue weighted by Crippen LogP contribution is -2.14. The zero-order valence-corrected chi connectivity index (χ0v) is 13.7. The van der Waals surface area contributed by atoms with Gasteiger partial charge in [-0.05, 0) is 36.1 Å². The van der Waals surface area contributed by atoms with Crippen LogP contribution in [0, 0.1) is 0 Å². The van der Waals surface area contributed by atoms with E-state index in [1.165, 1.54) is 17.3 Å². The predicted octanol–water partition coefficient (Wildman–Crippen LogP) is 2.98. The molecule has 0 spiro atoms. The fourth-order valence-corrected chi connectivity index (χ4v) is 3.07. The van der Waals surface area contributed by atoms with Crippen LogP contribution in [-0.2, 0) is 12.2 Å². The summed E-state index contributed by atoms with van der Waals surface area (Å²) in [5.41, 5.74) is 1.97. The number of hydrogen-bond acceptors (Lipinski definition) is 5. The number of H-pyrrole nitrogens is 1. The van der Waals surface area contributed by atoms with Crippen molar-refractivity contribution < 1.29 is 4.74 Å². The summed E-state index contributed by atoms with van der Waals surface area (Å²) in [5, 5.41) is 0.662. The van der Waals surface area contributed by atoms with Crippen molar-refractivity contribution in [1.29, 1.82) is 0 Å². The normalized spacial score (nSPS) is 10.6. The van der Waals surface area contributed by atoms with E-state index in [-0.39, 0.29) is 5.56 Å². The van der Waals surface area contributed by atoms with E-state index >= 15 is 0 Å². The maximum Gasteiger partial charge on any atom is 0.254 e. The molecule has 1 heterocycles. The monoisotopic (exact) mass is 322 g/mol. The van der Waals surface area contributed by atoms with Crippen molar-refractivity contribution in [2.24, 2.45) is 0 Å². The molecular formula is C15H18N2O2S2. The number of nitrogens with zero attached hydrogens (tertiary/aromatic N) is 1. The van der Waals surface area contributed by atoms with Gasteiger partial charge in [-0.2, -0.15) is 11.8 Å². The van der Waals surface area contributed by atoms with Gasteiger partial charge in [-0.1, -0.05) is 23.9 Å². The first kappa shape index (κ1) is 16.0. The summed E-state index contributed by atoms with van der Waals surface area (Å²) in [5.74, 6) is 2.70. The molecule has 1 aromatic carbocycles. The van der Waals surface area contributed by atoms with Crippen LogP contribution in [0.2, 0.25) is 0 Å². The van der Waals surface area contributed by atoms with Crippen LogP contribution in [0.5, 0.6) is 5.75 Å². The number of thioether (sulfide) groups is 2. The smallest absolute Gasteiger partial charge is 0.254 e. The lowest BCUT2D eigenvalue weighted by atomic mass is 10.2. The fourth-order valence-electron chi connectivity index (χ4n) is 1.78. The van der Waals surface area contributed by atoms with E-state index in [2.05, 4.69) is 22.1 Å². The molecule has 0 aliphatic carbocycles. The molecular weight excluding hydrogens is 304 g/mol. The Labute approximate surface area is 132 Å². The summed E-state index contributed by atoms with van der Waals surface area (Å²) in [6.07, 6.45) is 4.30. The Hall–Kier alpha value is -1.40. The fraction of sp³-hybridized carbons (Fsp3) is 0.333. The number of aryl methyl sites for hydroxylation is 1. The molecule has 0 aliphatic heterocycles. The molecule has 0 amide bonds. The lowest BCUT2D eigenvalue weighted by Gasteiger charge is -2.04. The quantitative estimate of drug-likeness (QED) is 0.482. The Kier molecular flexibility index (Phi) is 6.20. The number of nitrogens with one attached hydrogen (secondary N) is 1. The highest BCUT2D eigenvalue weighted by Crippen LogP contribution is 2.17. The first-order valence-corrected chi connectivity index (χ1v) is 8.93. The summed E-state index contributed by atoms with van der Waals surface area (Å²) in [7, 11) is 1.66. The Bertz CT molecular complexity index is 626. The molecule has 2 rings (SSSR count). The molecule has 0 radical (unpaired) electrons. The van der Waals surface area contributed by atoms with Crippen LogP contribution >= 0.6 is 23.5 Å². The van der Waals surface area contributed by atoms with Gasteiger partial charge in [-0.15, -0.1) is 0 Å². The minimum atomic E-state index is -0.0283. The van der Waals surface area contributed by atoms with Gasteiger partial charge in [0, 0.05) is 17.5 Å². The maximum atomic E-state index is 11.8. The van der Waals surface area contributed by atoms with Gasteiger partial charge in [0.1, 0.15) is 5.75 Å². The van der Waals surface area contributed by atoms with Crippen LogP contribution in [0.25, 0.3) is 0 Å². The Morgan fingerprint density at radius 3 is 2.67 bits per heavy atom. The molecule has 112 valence electrons. The van der Waals surface area contributed by atoms with E-state index in [1.807, 2.05) is 18.4 Å². The van der Waals surface area contributed by atoms with Crippen molar-refractivity contribution in [2.75, 3.05) is 19.1 Å². The van der Waals surface area contributed by atoms with Crippen LogP contribution in [0.3, 0.4) is 0 Å². The van der Waals surface area contributed by atoms with E-state index in [9.17, 15) is 4.79 Å². The minimum absolute atomic E-state index is 0.0283. The third-order valence-corrected chi connectivity index (χ3v) is 4.61. The number of benzene rings is 1. The highest BCUT2D eigenvalue weighted by Gasteiger charge is 2.02. The highest BCUT2D eigenvalue weighted by atomic mass is 32.2. The van der Waals surface area contributed by atoms with E-state index in [4.69, 9.17) is 4.74 Å². The van der Waals surface area contributed by atoms with Crippen molar-refractivity contribution in [2.45, 2.75) is 17.3 Å². The second-order valence-corrected chi connectivity index (χ2v) is 6.30. The Balaban J connectivity index is 1.80. The number of methoxy groups -OCH3 is 1. The van der Waals surface area contributed by atoms with Gasteiger partial charge >= 0.3 is 0 Å². The first-order valence-electron chi connectivity index (χ1n) is 6.56. The molecule has 0 saturated heterocycles. The average Bonchev–Trinajstić information content (AvgIpc) is 2.53. The topological polar surface area (TPSA) is 55.0 Å². The summed E-state index contributed by atoms with van der Waals surface area (Å²) in [6, 6.07) is 8.05. The molecule has 0 bridgehead atoms. The second kappa shape index (κ2) is 8.14. The molecule has 6 heteroatoms. The molecule has 1 aromatic heterocycles. The highest BCUT2D eigenvalue weighted by molar-refractivity contribution is 7.98. The second-order valence-electron chi connectivity index (χ2n) is 4.40. The van der Waals surface area contributed by atoms with E-state index in [0.29, 0.717) is 5.16 Å². The predicted molar refractivity (Wildman–Crippen MR) is 89.5 cm³/mol. The van der Waals surface area contributed by atoms with Gasteiger partial charge in [-0.25, -0.2) is 4.98 Å². The molecule has 0 saturated carbocycles. The van der Waals surface area contributed by atoms with Crippen LogP contribution in [0.1, 0.15) is 11.1 Å². The van der Waals surface area contributed by atoms with Crippen LogP contribution in [0.4, 0.5) is 0 Å². The number of aromatic amines is 1. The standard InChI is InChI=1S/C15H18N2O2S2/c1-19-13-5-3-11(4-6-13)10-21-8-7-12-9-16-15(20-2)17-14(12)18/h3-6,9H,7-8,10H2,1-2H3,(H,16,17,18). The molecule has 0 unspecified atom stereocenters. The maximum absolute atomic E-state index is 11.8. The average molecular weight is 322 g/mol. The van der Waals surface area contributed by atoms with Crippen molar-refractivity contribution in [3.05, 3.63) is 51.9 Å². The Morgan fingerprint density at radius 1 is 1.29 bits per heavy atom. The van der Waals surface area contributed by atoms with Gasteiger partial charge in [0.15, 0.2) is 5.16 Å². The van der Waals surface area contributed by atoms with Crippen molar-refractivity contribution >= 4 is 23.5 Å². The molecule has 1 N–H and O–H groups in total. The van der Waals surface area contributed by atoms with Gasteiger partial charge in [0.2, 0.25) is 0 Å². The van der Waals surface area contributed by atoms with E-state index < -0.39 is 0 Å². The summed E-state index contributed by atoms with van der Waals surface area (Å²) < 4.78 is 5.13. The van der Waals surface area contributed by atoms with Crippen molar-refractivity contribution in [3.8, 4) is 5.75 Å². The third-order valence-electron chi connectivity index (χ3n) is 2.99. The molecule has 0 atom stereocenters. The number of hydrogen-bond donors (Lipinski definition) is 1. The summed E-state index contributed by atoms with van der Waals surface area (Å²) >= 11 is 3.24. The van der Waals surface area contributed by atoms with Gasteiger partial charge in [0.25, 0.3) is 5.56 Å². The number of rotatable bonds is 7. The van der Waals surface area contributed by atoms with E-state index in [0.717, 1.165) is 29.2 Å². The van der Waals surface area contributed by atoms with Crippen LogP contribution in [-0.4, -0.2) is 29.1 Å². The lowest BCUT2D eigenvalue weighted by molar-refractivity contribution is 0.414. The first-order chi connectivity index (χ1) is 10.2. The summed E-state index contributed by atoms with van der Waals surface area (Å²) in [6.45, 7) is 0. The zero-order valence-electron chi connectivity index (χ0n) is 12.1. The Morgan fingerprint density at radius 2 is 2.05 bits per heavy atom. The SMILES string of the molecule is COc1ccc(CSCCc2cnc(SC)[nH]c2=O)cc1. The van der Waals surface area contributed by atoms with Gasteiger partial charge in [0.05, 0.1) is 7.11 Å². The van der Waals surface area contributed by atoms with E-state index in [1.54, 1.807) is 25.1 Å². The molecule has 4 nitrogen and oxygen atoms in total.